The first-order valence-electron chi connectivity index (χ1n) is 7.45. The summed E-state index contributed by atoms with van der Waals surface area (Å²) in [6.07, 6.45) is 1.64. The van der Waals surface area contributed by atoms with Crippen LogP contribution in [0.3, 0.4) is 0 Å². The molecule has 6 heteroatoms. The third-order valence-electron chi connectivity index (χ3n) is 3.37. The van der Waals surface area contributed by atoms with Crippen LogP contribution in [-0.4, -0.2) is 17.1 Å². The number of methoxy groups -OCH3 is 1. The highest BCUT2D eigenvalue weighted by atomic mass is 19.1. The first-order valence-corrected chi connectivity index (χ1v) is 7.45. The third kappa shape index (κ3) is 4.19. The van der Waals surface area contributed by atoms with E-state index in [1.807, 2.05) is 24.3 Å². The van der Waals surface area contributed by atoms with Crippen molar-refractivity contribution < 1.29 is 9.13 Å². The van der Waals surface area contributed by atoms with Crippen LogP contribution in [-0.2, 0) is 6.54 Å². The Morgan fingerprint density at radius 1 is 1.08 bits per heavy atom. The van der Waals surface area contributed by atoms with E-state index in [1.165, 1.54) is 12.1 Å². The summed E-state index contributed by atoms with van der Waals surface area (Å²) < 4.78 is 18.3. The molecule has 5 nitrogen and oxygen atoms in total. The number of benzene rings is 2. The SMILES string of the molecule is COc1ccc(CNc2ccnc(Nc3cccc(F)c3)n2)cc1. The van der Waals surface area contributed by atoms with Crippen molar-refractivity contribution in [1.82, 2.24) is 9.97 Å². The molecular weight excluding hydrogens is 307 g/mol. The summed E-state index contributed by atoms with van der Waals surface area (Å²) in [4.78, 5) is 8.51. The van der Waals surface area contributed by atoms with E-state index in [9.17, 15) is 4.39 Å². The van der Waals surface area contributed by atoms with Crippen LogP contribution in [0.1, 0.15) is 5.56 Å². The number of aromatic nitrogens is 2. The van der Waals surface area contributed by atoms with Crippen LogP contribution in [0, 0.1) is 5.82 Å². The summed E-state index contributed by atoms with van der Waals surface area (Å²) in [6, 6.07) is 15.7. The Labute approximate surface area is 139 Å². The van der Waals surface area contributed by atoms with E-state index in [0.717, 1.165) is 11.3 Å². The van der Waals surface area contributed by atoms with Gasteiger partial charge in [0, 0.05) is 18.4 Å². The Morgan fingerprint density at radius 2 is 1.92 bits per heavy atom. The highest BCUT2D eigenvalue weighted by Crippen LogP contribution is 2.16. The molecule has 0 saturated heterocycles. The number of nitrogens with zero attached hydrogens (tertiary/aromatic N) is 2. The van der Waals surface area contributed by atoms with Crippen molar-refractivity contribution in [1.29, 1.82) is 0 Å². The minimum Gasteiger partial charge on any atom is -0.497 e. The molecular formula is C18H17FN4O. The number of rotatable bonds is 6. The summed E-state index contributed by atoms with van der Waals surface area (Å²) in [7, 11) is 1.64. The van der Waals surface area contributed by atoms with Gasteiger partial charge in [0.05, 0.1) is 7.11 Å². The van der Waals surface area contributed by atoms with E-state index in [0.29, 0.717) is 24.0 Å². The van der Waals surface area contributed by atoms with Gasteiger partial charge in [0.2, 0.25) is 5.95 Å². The molecule has 0 bridgehead atoms. The largest absolute Gasteiger partial charge is 0.497 e. The van der Waals surface area contributed by atoms with Gasteiger partial charge in [0.15, 0.2) is 0 Å². The third-order valence-corrected chi connectivity index (χ3v) is 3.37. The van der Waals surface area contributed by atoms with Gasteiger partial charge in [0.25, 0.3) is 0 Å². The number of anilines is 3. The van der Waals surface area contributed by atoms with E-state index < -0.39 is 0 Å². The second-order valence-corrected chi connectivity index (χ2v) is 5.10. The second-order valence-electron chi connectivity index (χ2n) is 5.10. The highest BCUT2D eigenvalue weighted by Gasteiger charge is 2.02. The average Bonchev–Trinajstić information content (AvgIpc) is 2.61. The average molecular weight is 324 g/mol. The molecule has 0 amide bonds. The molecule has 2 aromatic carbocycles. The van der Waals surface area contributed by atoms with Crippen LogP contribution in [0.25, 0.3) is 0 Å². The van der Waals surface area contributed by atoms with E-state index in [2.05, 4.69) is 20.6 Å². The van der Waals surface area contributed by atoms with Crippen LogP contribution in [0.2, 0.25) is 0 Å². The lowest BCUT2D eigenvalue weighted by Gasteiger charge is -2.09. The lowest BCUT2D eigenvalue weighted by Crippen LogP contribution is -2.04. The standard InChI is InChI=1S/C18H17FN4O/c1-24-16-7-5-13(6-8-16)12-21-17-9-10-20-18(23-17)22-15-4-2-3-14(19)11-15/h2-11H,12H2,1H3,(H2,20,21,22,23). The molecule has 1 heterocycles. The second kappa shape index (κ2) is 7.41. The summed E-state index contributed by atoms with van der Waals surface area (Å²) >= 11 is 0. The minimum atomic E-state index is -0.311. The topological polar surface area (TPSA) is 59.1 Å². The Hall–Kier alpha value is -3.15. The summed E-state index contributed by atoms with van der Waals surface area (Å²) in [5, 5.41) is 6.21. The maximum atomic E-state index is 13.2. The number of hydrogen-bond acceptors (Lipinski definition) is 5. The predicted octanol–water partition coefficient (Wildman–Crippen LogP) is 3.98. The zero-order chi connectivity index (χ0) is 16.8. The molecule has 0 aliphatic carbocycles. The van der Waals surface area contributed by atoms with Crippen molar-refractivity contribution in [3.8, 4) is 5.75 Å². The normalized spacial score (nSPS) is 10.2. The van der Waals surface area contributed by atoms with Crippen LogP contribution in [0.15, 0.2) is 60.8 Å². The van der Waals surface area contributed by atoms with E-state index in [4.69, 9.17) is 4.74 Å². The van der Waals surface area contributed by atoms with Gasteiger partial charge in [-0.05, 0) is 42.0 Å². The zero-order valence-corrected chi connectivity index (χ0v) is 13.2. The van der Waals surface area contributed by atoms with Crippen molar-refractivity contribution in [2.24, 2.45) is 0 Å². The molecule has 0 saturated carbocycles. The smallest absolute Gasteiger partial charge is 0.229 e. The Kier molecular flexibility index (Phi) is 4.86. The van der Waals surface area contributed by atoms with E-state index in [1.54, 1.807) is 31.5 Å². The van der Waals surface area contributed by atoms with Crippen molar-refractivity contribution in [2.45, 2.75) is 6.54 Å². The molecule has 0 fully saturated rings. The maximum absolute atomic E-state index is 13.2. The van der Waals surface area contributed by atoms with Gasteiger partial charge < -0.3 is 15.4 Å². The van der Waals surface area contributed by atoms with Crippen LogP contribution >= 0.6 is 0 Å². The molecule has 0 aliphatic rings. The summed E-state index contributed by atoms with van der Waals surface area (Å²) in [6.45, 7) is 0.625. The molecule has 2 N–H and O–H groups in total. The number of nitrogens with one attached hydrogen (secondary N) is 2. The van der Waals surface area contributed by atoms with Crippen LogP contribution in [0.4, 0.5) is 21.8 Å². The van der Waals surface area contributed by atoms with Gasteiger partial charge in [-0.1, -0.05) is 18.2 Å². The van der Waals surface area contributed by atoms with E-state index >= 15 is 0 Å². The van der Waals surface area contributed by atoms with Gasteiger partial charge in [-0.3, -0.25) is 0 Å². The minimum absolute atomic E-state index is 0.311. The Balaban J connectivity index is 1.64. The lowest BCUT2D eigenvalue weighted by molar-refractivity contribution is 0.414. The number of ether oxygens (including phenoxy) is 1. The molecule has 122 valence electrons. The first-order chi connectivity index (χ1) is 11.7. The number of hydrogen-bond donors (Lipinski definition) is 2. The molecule has 0 radical (unpaired) electrons. The number of halogens is 1. The summed E-state index contributed by atoms with van der Waals surface area (Å²) in [5.41, 5.74) is 1.70. The fourth-order valence-electron chi connectivity index (χ4n) is 2.15. The highest BCUT2D eigenvalue weighted by molar-refractivity contribution is 5.54. The van der Waals surface area contributed by atoms with Crippen LogP contribution < -0.4 is 15.4 Å². The lowest BCUT2D eigenvalue weighted by atomic mass is 10.2. The van der Waals surface area contributed by atoms with Crippen LogP contribution in [0.5, 0.6) is 5.75 Å². The monoisotopic (exact) mass is 324 g/mol. The molecule has 24 heavy (non-hydrogen) atoms. The van der Waals surface area contributed by atoms with Gasteiger partial charge in [0.1, 0.15) is 17.4 Å². The van der Waals surface area contributed by atoms with Crippen molar-refractivity contribution in [3.63, 3.8) is 0 Å². The van der Waals surface area contributed by atoms with E-state index in [-0.39, 0.29) is 5.82 Å². The zero-order valence-electron chi connectivity index (χ0n) is 13.2. The summed E-state index contributed by atoms with van der Waals surface area (Å²) in [5.74, 6) is 1.59. The van der Waals surface area contributed by atoms with Crippen molar-refractivity contribution >= 4 is 17.5 Å². The predicted molar refractivity (Wildman–Crippen MR) is 92.0 cm³/mol. The molecule has 3 aromatic rings. The molecule has 0 spiro atoms. The Bertz CT molecular complexity index is 808. The van der Waals surface area contributed by atoms with Gasteiger partial charge in [-0.15, -0.1) is 0 Å². The molecule has 0 aliphatic heterocycles. The quantitative estimate of drug-likeness (QED) is 0.718. The van der Waals surface area contributed by atoms with Crippen molar-refractivity contribution in [3.05, 3.63) is 72.2 Å². The molecule has 0 unspecified atom stereocenters. The van der Waals surface area contributed by atoms with Crippen molar-refractivity contribution in [2.75, 3.05) is 17.7 Å². The molecule has 3 rings (SSSR count). The van der Waals surface area contributed by atoms with Gasteiger partial charge in [-0.2, -0.15) is 4.98 Å². The van der Waals surface area contributed by atoms with Gasteiger partial charge in [-0.25, -0.2) is 9.37 Å². The fraction of sp³-hybridized carbons (Fsp3) is 0.111. The van der Waals surface area contributed by atoms with Gasteiger partial charge >= 0.3 is 0 Å². The first kappa shape index (κ1) is 15.7. The molecule has 0 atom stereocenters. The molecule has 1 aromatic heterocycles. The maximum Gasteiger partial charge on any atom is 0.229 e. The fourth-order valence-corrected chi connectivity index (χ4v) is 2.15. The Morgan fingerprint density at radius 3 is 2.67 bits per heavy atom.